The van der Waals surface area contributed by atoms with Crippen molar-refractivity contribution in [2.75, 3.05) is 39.3 Å². The van der Waals surface area contributed by atoms with Crippen LogP contribution in [0.15, 0.2) is 46.3 Å². The van der Waals surface area contributed by atoms with Crippen LogP contribution in [0.25, 0.3) is 10.2 Å². The van der Waals surface area contributed by atoms with Crippen LogP contribution < -0.4 is 5.56 Å². The first-order chi connectivity index (χ1) is 18.1. The normalized spacial score (nSPS) is 21.7. The van der Waals surface area contributed by atoms with E-state index in [4.69, 9.17) is 0 Å². The number of hydrogen-bond donors (Lipinski definition) is 0. The van der Waals surface area contributed by atoms with Gasteiger partial charge in [-0.05, 0) is 30.7 Å². The summed E-state index contributed by atoms with van der Waals surface area (Å²) in [6.07, 6.45) is 2.35. The highest BCUT2D eigenvalue weighted by Crippen LogP contribution is 2.35. The molecule has 11 heteroatoms. The van der Waals surface area contributed by atoms with E-state index in [0.29, 0.717) is 35.9 Å². The molecule has 1 aromatic carbocycles. The number of amides is 1. The van der Waals surface area contributed by atoms with Gasteiger partial charge in [0.1, 0.15) is 16.3 Å². The van der Waals surface area contributed by atoms with Crippen LogP contribution in [0.4, 0.5) is 0 Å². The molecular formula is C27H35N5O4S2. The minimum Gasteiger partial charge on any atom is -0.339 e. The van der Waals surface area contributed by atoms with Gasteiger partial charge in [-0.3, -0.25) is 19.1 Å². The number of carbonyl (C=O) groups excluding carboxylic acids is 1. The highest BCUT2D eigenvalue weighted by atomic mass is 32.2. The molecule has 2 aliphatic heterocycles. The van der Waals surface area contributed by atoms with Gasteiger partial charge in [0.25, 0.3) is 5.56 Å². The van der Waals surface area contributed by atoms with Crippen molar-refractivity contribution in [2.24, 2.45) is 11.8 Å². The van der Waals surface area contributed by atoms with Crippen LogP contribution in [0.2, 0.25) is 0 Å². The third-order valence-electron chi connectivity index (χ3n) is 7.51. The average Bonchev–Trinajstić information content (AvgIpc) is 3.23. The topological polar surface area (TPSA) is 95.8 Å². The zero-order valence-corrected chi connectivity index (χ0v) is 23.8. The first-order valence-electron chi connectivity index (χ1n) is 13.2. The molecule has 2 aliphatic rings. The maximum atomic E-state index is 13.7. The monoisotopic (exact) mass is 557 g/mol. The van der Waals surface area contributed by atoms with Gasteiger partial charge >= 0.3 is 0 Å². The van der Waals surface area contributed by atoms with Crippen molar-refractivity contribution in [3.63, 3.8) is 0 Å². The lowest BCUT2D eigenvalue weighted by Crippen LogP contribution is -2.49. The van der Waals surface area contributed by atoms with E-state index in [0.717, 1.165) is 26.1 Å². The van der Waals surface area contributed by atoms with Gasteiger partial charge in [-0.25, -0.2) is 13.4 Å². The third kappa shape index (κ3) is 5.42. The smallest absolute Gasteiger partial charge is 0.263 e. The molecule has 2 saturated heterocycles. The van der Waals surface area contributed by atoms with Crippen LogP contribution in [-0.2, 0) is 27.9 Å². The number of piperazine rings is 1. The Morgan fingerprint density at radius 3 is 2.37 bits per heavy atom. The van der Waals surface area contributed by atoms with E-state index in [1.54, 1.807) is 11.8 Å². The largest absolute Gasteiger partial charge is 0.339 e. The molecule has 204 valence electrons. The summed E-state index contributed by atoms with van der Waals surface area (Å²) in [6, 6.07) is 10.2. The van der Waals surface area contributed by atoms with Crippen molar-refractivity contribution < 1.29 is 13.2 Å². The van der Waals surface area contributed by atoms with Crippen molar-refractivity contribution in [3.05, 3.63) is 57.5 Å². The highest BCUT2D eigenvalue weighted by Gasteiger charge is 2.36. The molecule has 38 heavy (non-hydrogen) atoms. The Balaban J connectivity index is 1.34. The summed E-state index contributed by atoms with van der Waals surface area (Å²) in [6.45, 7) is 10.1. The lowest BCUT2D eigenvalue weighted by molar-refractivity contribution is -0.133. The summed E-state index contributed by atoms with van der Waals surface area (Å²) in [5.74, 6) is 0.334. The molecule has 0 aliphatic carbocycles. The van der Waals surface area contributed by atoms with Crippen molar-refractivity contribution in [3.8, 4) is 0 Å². The number of fused-ring (bicyclic) bond motifs is 1. The summed E-state index contributed by atoms with van der Waals surface area (Å²) in [5.41, 5.74) is 0.760. The molecule has 4 heterocycles. The van der Waals surface area contributed by atoms with Crippen molar-refractivity contribution in [1.82, 2.24) is 23.7 Å². The van der Waals surface area contributed by atoms with Crippen molar-refractivity contribution >= 4 is 37.5 Å². The number of aromatic nitrogens is 2. The fraction of sp³-hybridized carbons (Fsp3) is 0.519. The van der Waals surface area contributed by atoms with Gasteiger partial charge < -0.3 is 4.90 Å². The zero-order valence-electron chi connectivity index (χ0n) is 22.2. The highest BCUT2D eigenvalue weighted by molar-refractivity contribution is 7.89. The van der Waals surface area contributed by atoms with Gasteiger partial charge in [0.05, 0.1) is 11.7 Å². The van der Waals surface area contributed by atoms with Gasteiger partial charge in [-0.1, -0.05) is 44.2 Å². The van der Waals surface area contributed by atoms with E-state index < -0.39 is 15.6 Å². The zero-order chi connectivity index (χ0) is 27.0. The summed E-state index contributed by atoms with van der Waals surface area (Å²) in [5, 5.41) is 0.0985. The molecule has 0 N–H and O–H groups in total. The lowest BCUT2D eigenvalue weighted by atomic mass is 9.94. The first kappa shape index (κ1) is 27.0. The summed E-state index contributed by atoms with van der Waals surface area (Å²) in [4.78, 5) is 36.1. The summed E-state index contributed by atoms with van der Waals surface area (Å²) < 4.78 is 30.3. The van der Waals surface area contributed by atoms with E-state index in [2.05, 4.69) is 35.9 Å². The molecule has 0 spiro atoms. The Hall–Kier alpha value is -2.60. The minimum absolute atomic E-state index is 0.0487. The van der Waals surface area contributed by atoms with E-state index in [9.17, 15) is 18.0 Å². The predicted molar refractivity (Wildman–Crippen MR) is 149 cm³/mol. The molecule has 5 rings (SSSR count). The van der Waals surface area contributed by atoms with Crippen LogP contribution in [0.1, 0.15) is 30.7 Å². The standard InChI is InChI=1S/C27H35N5O4S2/c1-19-13-20(2)15-32(14-19)38(35,36)25-21(3)37-26-24(25)27(34)31(18-28-26)17-23(33)30-11-9-29(10-12-30)16-22-7-5-4-6-8-22/h4-8,18-20H,9-17H2,1-3H3. The van der Waals surface area contributed by atoms with Gasteiger partial charge in [0.15, 0.2) is 0 Å². The number of piperidine rings is 1. The second-order valence-electron chi connectivity index (χ2n) is 10.8. The molecule has 3 aromatic rings. The molecule has 0 saturated carbocycles. The van der Waals surface area contributed by atoms with E-state index in [-0.39, 0.29) is 34.6 Å². The summed E-state index contributed by atoms with van der Waals surface area (Å²) >= 11 is 1.21. The number of hydrogen-bond acceptors (Lipinski definition) is 7. The Labute approximate surface area is 227 Å². The van der Waals surface area contributed by atoms with Crippen LogP contribution in [0.3, 0.4) is 0 Å². The van der Waals surface area contributed by atoms with Gasteiger partial charge in [0, 0.05) is 50.7 Å². The number of rotatable bonds is 6. The Bertz CT molecular complexity index is 1470. The maximum Gasteiger partial charge on any atom is 0.263 e. The quantitative estimate of drug-likeness (QED) is 0.463. The number of nitrogens with zero attached hydrogens (tertiary/aromatic N) is 5. The molecule has 9 nitrogen and oxygen atoms in total. The molecule has 0 radical (unpaired) electrons. The Morgan fingerprint density at radius 1 is 1.05 bits per heavy atom. The van der Waals surface area contributed by atoms with Gasteiger partial charge in [-0.15, -0.1) is 11.3 Å². The maximum absolute atomic E-state index is 13.7. The third-order valence-corrected chi connectivity index (χ3v) is 10.7. The number of sulfonamides is 1. The number of thiophene rings is 1. The minimum atomic E-state index is -3.87. The fourth-order valence-corrected chi connectivity index (χ4v) is 9.06. The molecule has 2 fully saturated rings. The van der Waals surface area contributed by atoms with E-state index >= 15 is 0 Å². The van der Waals surface area contributed by atoms with Gasteiger partial charge in [0.2, 0.25) is 15.9 Å². The molecule has 2 aromatic heterocycles. The summed E-state index contributed by atoms with van der Waals surface area (Å²) in [7, 11) is -3.87. The number of aryl methyl sites for hydroxylation is 1. The van der Waals surface area contributed by atoms with Crippen molar-refractivity contribution in [1.29, 1.82) is 0 Å². The first-order valence-corrected chi connectivity index (χ1v) is 15.4. The molecule has 2 unspecified atom stereocenters. The predicted octanol–water partition coefficient (Wildman–Crippen LogP) is 2.78. The Kier molecular flexibility index (Phi) is 7.72. The molecular weight excluding hydrogens is 522 g/mol. The fourth-order valence-electron chi connectivity index (χ4n) is 5.71. The van der Waals surface area contributed by atoms with Crippen molar-refractivity contribution in [2.45, 2.75) is 45.2 Å². The van der Waals surface area contributed by atoms with E-state index in [1.165, 1.54) is 32.1 Å². The molecule has 0 bridgehead atoms. The molecule has 2 atom stereocenters. The van der Waals surface area contributed by atoms with Crippen LogP contribution in [0.5, 0.6) is 0 Å². The molecule has 1 amide bonds. The van der Waals surface area contributed by atoms with Crippen LogP contribution in [-0.4, -0.2) is 77.2 Å². The average molecular weight is 558 g/mol. The van der Waals surface area contributed by atoms with E-state index in [1.807, 2.05) is 18.2 Å². The second kappa shape index (κ2) is 10.9. The van der Waals surface area contributed by atoms with Crippen LogP contribution >= 0.6 is 11.3 Å². The van der Waals surface area contributed by atoms with Crippen LogP contribution in [0, 0.1) is 18.8 Å². The SMILES string of the molecule is Cc1sc2ncn(CC(=O)N3CCN(Cc4ccccc4)CC3)c(=O)c2c1S(=O)(=O)N1CC(C)CC(C)C1. The lowest BCUT2D eigenvalue weighted by Gasteiger charge is -2.35. The number of benzene rings is 1. The Morgan fingerprint density at radius 2 is 1.71 bits per heavy atom. The van der Waals surface area contributed by atoms with Gasteiger partial charge in [-0.2, -0.15) is 4.31 Å². The number of carbonyl (C=O) groups is 1. The second-order valence-corrected chi connectivity index (χ2v) is 13.8.